The molecule has 1 N–H and O–H groups in total. The molecule has 7 nitrogen and oxygen atoms in total. The molecule has 150 valence electrons. The third-order valence-electron chi connectivity index (χ3n) is 5.14. The van der Waals surface area contributed by atoms with Crippen LogP contribution in [-0.2, 0) is 29.2 Å². The maximum atomic E-state index is 12.5. The molecule has 0 atom stereocenters. The van der Waals surface area contributed by atoms with Crippen molar-refractivity contribution >= 4 is 16.8 Å². The molecular formula is C22H24N4O3. The topological polar surface area (TPSA) is 76.5 Å². The molecular weight excluding hydrogens is 368 g/mol. The number of para-hydroxylation sites is 1. The van der Waals surface area contributed by atoms with Gasteiger partial charge in [0.15, 0.2) is 0 Å². The zero-order valence-electron chi connectivity index (χ0n) is 16.2. The van der Waals surface area contributed by atoms with Crippen LogP contribution in [0.2, 0.25) is 0 Å². The van der Waals surface area contributed by atoms with Gasteiger partial charge in [-0.05, 0) is 23.3 Å². The Kier molecular flexibility index (Phi) is 5.97. The van der Waals surface area contributed by atoms with Gasteiger partial charge in [-0.2, -0.15) is 0 Å². The Balaban J connectivity index is 1.40. The molecule has 29 heavy (non-hydrogen) atoms. The number of hydrogen-bond donors (Lipinski definition) is 1. The minimum atomic E-state index is -0.217. The Labute approximate surface area is 168 Å². The first-order valence-electron chi connectivity index (χ1n) is 9.78. The van der Waals surface area contributed by atoms with E-state index >= 15 is 0 Å². The van der Waals surface area contributed by atoms with Gasteiger partial charge >= 0.3 is 0 Å². The lowest BCUT2D eigenvalue weighted by Crippen LogP contribution is -2.36. The smallest absolute Gasteiger partial charge is 0.261 e. The molecule has 1 fully saturated rings. The van der Waals surface area contributed by atoms with Gasteiger partial charge in [-0.25, -0.2) is 4.98 Å². The fourth-order valence-electron chi connectivity index (χ4n) is 3.51. The van der Waals surface area contributed by atoms with E-state index in [1.54, 1.807) is 18.2 Å². The van der Waals surface area contributed by atoms with Crippen molar-refractivity contribution in [3.8, 4) is 0 Å². The van der Waals surface area contributed by atoms with E-state index in [9.17, 15) is 9.59 Å². The average Bonchev–Trinajstić information content (AvgIpc) is 2.76. The van der Waals surface area contributed by atoms with Gasteiger partial charge in [0.2, 0.25) is 5.91 Å². The molecule has 3 aromatic rings. The molecule has 0 bridgehead atoms. The van der Waals surface area contributed by atoms with Crippen molar-refractivity contribution in [3.63, 3.8) is 0 Å². The maximum Gasteiger partial charge on any atom is 0.261 e. The highest BCUT2D eigenvalue weighted by Gasteiger charge is 2.13. The second-order valence-electron chi connectivity index (χ2n) is 7.13. The highest BCUT2D eigenvalue weighted by Crippen LogP contribution is 2.13. The van der Waals surface area contributed by atoms with E-state index in [2.05, 4.69) is 21.3 Å². The van der Waals surface area contributed by atoms with Crippen molar-refractivity contribution in [3.05, 3.63) is 76.3 Å². The summed E-state index contributed by atoms with van der Waals surface area (Å²) in [7, 11) is 0. The quantitative estimate of drug-likeness (QED) is 0.689. The summed E-state index contributed by atoms with van der Waals surface area (Å²) in [5.74, 6) is -0.217. The van der Waals surface area contributed by atoms with E-state index in [0.29, 0.717) is 17.4 Å². The standard InChI is InChI=1S/C22H24N4O3/c27-21(15-26-16-24-20-8-4-3-7-19(20)22(26)28)23-13-17-5-1-2-6-18(17)14-25-9-11-29-12-10-25/h1-8,16H,9-15H2,(H,23,27). The fraction of sp³-hybridized carbons (Fsp3) is 0.318. The van der Waals surface area contributed by atoms with E-state index in [-0.39, 0.29) is 18.0 Å². The molecule has 0 aliphatic carbocycles. The second kappa shape index (κ2) is 8.98. The molecule has 2 heterocycles. The highest BCUT2D eigenvalue weighted by atomic mass is 16.5. The lowest BCUT2D eigenvalue weighted by atomic mass is 10.1. The number of benzene rings is 2. The molecule has 0 saturated carbocycles. The van der Waals surface area contributed by atoms with Crippen molar-refractivity contribution in [2.45, 2.75) is 19.6 Å². The van der Waals surface area contributed by atoms with Crippen LogP contribution in [0.3, 0.4) is 0 Å². The minimum absolute atomic E-state index is 0.0533. The Hall–Kier alpha value is -3.03. The van der Waals surface area contributed by atoms with Gasteiger partial charge in [0.1, 0.15) is 6.54 Å². The normalized spacial score (nSPS) is 14.8. The van der Waals surface area contributed by atoms with Crippen molar-refractivity contribution in [1.82, 2.24) is 19.8 Å². The Morgan fingerprint density at radius 3 is 2.59 bits per heavy atom. The molecule has 2 aromatic carbocycles. The number of carbonyl (C=O) groups excluding carboxylic acids is 1. The molecule has 1 aromatic heterocycles. The van der Waals surface area contributed by atoms with Gasteiger partial charge in [0, 0.05) is 26.2 Å². The van der Waals surface area contributed by atoms with Crippen LogP contribution in [0.1, 0.15) is 11.1 Å². The van der Waals surface area contributed by atoms with Crippen LogP contribution in [0.15, 0.2) is 59.7 Å². The van der Waals surface area contributed by atoms with Crippen LogP contribution in [0, 0.1) is 0 Å². The van der Waals surface area contributed by atoms with Gasteiger partial charge in [0.05, 0.1) is 30.4 Å². The molecule has 0 spiro atoms. The van der Waals surface area contributed by atoms with Gasteiger partial charge in [0.25, 0.3) is 5.56 Å². The number of morpholine rings is 1. The summed E-state index contributed by atoms with van der Waals surface area (Å²) >= 11 is 0. The molecule has 1 amide bonds. The monoisotopic (exact) mass is 392 g/mol. The Morgan fingerprint density at radius 2 is 1.76 bits per heavy atom. The SMILES string of the molecule is O=C(Cn1cnc2ccccc2c1=O)NCc1ccccc1CN1CCOCC1. The van der Waals surface area contributed by atoms with Crippen molar-refractivity contribution in [2.75, 3.05) is 26.3 Å². The first kappa shape index (κ1) is 19.3. The number of hydrogen-bond acceptors (Lipinski definition) is 5. The van der Waals surface area contributed by atoms with E-state index in [1.165, 1.54) is 16.5 Å². The molecule has 0 unspecified atom stereocenters. The predicted molar refractivity (Wildman–Crippen MR) is 110 cm³/mol. The number of amides is 1. The molecule has 1 saturated heterocycles. The van der Waals surface area contributed by atoms with Crippen LogP contribution >= 0.6 is 0 Å². The van der Waals surface area contributed by atoms with Crippen LogP contribution in [0.5, 0.6) is 0 Å². The maximum absolute atomic E-state index is 12.5. The van der Waals surface area contributed by atoms with E-state index < -0.39 is 0 Å². The van der Waals surface area contributed by atoms with Crippen LogP contribution in [0.25, 0.3) is 10.9 Å². The number of fused-ring (bicyclic) bond motifs is 1. The number of aromatic nitrogens is 2. The molecule has 1 aliphatic rings. The molecule has 1 aliphatic heterocycles. The van der Waals surface area contributed by atoms with Crippen LogP contribution in [0.4, 0.5) is 0 Å². The third-order valence-corrected chi connectivity index (χ3v) is 5.14. The van der Waals surface area contributed by atoms with Crippen molar-refractivity contribution in [2.24, 2.45) is 0 Å². The number of nitrogens with zero attached hydrogens (tertiary/aromatic N) is 3. The molecule has 7 heteroatoms. The number of carbonyl (C=O) groups is 1. The minimum Gasteiger partial charge on any atom is -0.379 e. The second-order valence-corrected chi connectivity index (χ2v) is 7.13. The average molecular weight is 392 g/mol. The van der Waals surface area contributed by atoms with Crippen molar-refractivity contribution in [1.29, 1.82) is 0 Å². The highest BCUT2D eigenvalue weighted by molar-refractivity contribution is 5.78. The lowest BCUT2D eigenvalue weighted by molar-refractivity contribution is -0.121. The van der Waals surface area contributed by atoms with E-state index in [4.69, 9.17) is 4.74 Å². The third kappa shape index (κ3) is 4.70. The summed E-state index contributed by atoms with van der Waals surface area (Å²) in [4.78, 5) is 31.6. The summed E-state index contributed by atoms with van der Waals surface area (Å²) in [6.07, 6.45) is 1.43. The summed E-state index contributed by atoms with van der Waals surface area (Å²) < 4.78 is 6.75. The Morgan fingerprint density at radius 1 is 1.03 bits per heavy atom. The van der Waals surface area contributed by atoms with Gasteiger partial charge in [-0.15, -0.1) is 0 Å². The summed E-state index contributed by atoms with van der Waals surface area (Å²) in [6.45, 7) is 4.55. The Bertz CT molecular complexity index is 1060. The predicted octanol–water partition coefficient (Wildman–Crippen LogP) is 1.55. The summed E-state index contributed by atoms with van der Waals surface area (Å²) in [6, 6.07) is 15.2. The fourth-order valence-corrected chi connectivity index (χ4v) is 3.51. The van der Waals surface area contributed by atoms with Gasteiger partial charge < -0.3 is 10.1 Å². The summed E-state index contributed by atoms with van der Waals surface area (Å²) in [5, 5.41) is 3.44. The summed E-state index contributed by atoms with van der Waals surface area (Å²) in [5.41, 5.74) is 2.69. The van der Waals surface area contributed by atoms with E-state index in [1.807, 2.05) is 24.3 Å². The largest absolute Gasteiger partial charge is 0.379 e. The molecule has 0 radical (unpaired) electrons. The first-order valence-corrected chi connectivity index (χ1v) is 9.78. The van der Waals surface area contributed by atoms with Gasteiger partial charge in [-0.1, -0.05) is 36.4 Å². The van der Waals surface area contributed by atoms with Crippen molar-refractivity contribution < 1.29 is 9.53 Å². The zero-order valence-corrected chi connectivity index (χ0v) is 16.2. The number of ether oxygens (including phenoxy) is 1. The number of rotatable bonds is 6. The first-order chi connectivity index (χ1) is 14.2. The van der Waals surface area contributed by atoms with Crippen LogP contribution in [-0.4, -0.2) is 46.7 Å². The molecule has 4 rings (SSSR count). The zero-order chi connectivity index (χ0) is 20.1. The van der Waals surface area contributed by atoms with Crippen LogP contribution < -0.4 is 10.9 Å². The lowest BCUT2D eigenvalue weighted by Gasteiger charge is -2.27. The van der Waals surface area contributed by atoms with E-state index in [0.717, 1.165) is 38.4 Å². The van der Waals surface area contributed by atoms with Gasteiger partial charge in [-0.3, -0.25) is 19.1 Å². The number of nitrogens with one attached hydrogen (secondary N) is 1.